The lowest BCUT2D eigenvalue weighted by Gasteiger charge is -2.12. The summed E-state index contributed by atoms with van der Waals surface area (Å²) in [6, 6.07) is 16.8. The molecular formula is C16H20N2O2S. The monoisotopic (exact) mass is 304 g/mol. The summed E-state index contributed by atoms with van der Waals surface area (Å²) >= 11 is 0. The molecule has 0 fully saturated rings. The van der Waals surface area contributed by atoms with Gasteiger partial charge in [-0.05, 0) is 31.0 Å². The molecule has 0 atom stereocenters. The van der Waals surface area contributed by atoms with Crippen LogP contribution < -0.4 is 10.0 Å². The molecule has 0 aliphatic carbocycles. The van der Waals surface area contributed by atoms with Crippen molar-refractivity contribution < 1.29 is 8.42 Å². The second-order valence-corrected chi connectivity index (χ2v) is 6.40. The van der Waals surface area contributed by atoms with Crippen molar-refractivity contribution >= 4 is 15.7 Å². The van der Waals surface area contributed by atoms with E-state index in [9.17, 15) is 8.42 Å². The van der Waals surface area contributed by atoms with Gasteiger partial charge >= 0.3 is 0 Å². The minimum atomic E-state index is -3.50. The number of rotatable bonds is 7. The predicted octanol–water partition coefficient (Wildman–Crippen LogP) is 2.64. The molecule has 4 nitrogen and oxygen atoms in total. The second kappa shape index (κ2) is 7.24. The number of nitrogens with one attached hydrogen (secondary N) is 2. The minimum absolute atomic E-state index is 0.292. The Morgan fingerprint density at radius 1 is 0.952 bits per heavy atom. The van der Waals surface area contributed by atoms with Crippen LogP contribution in [0, 0.1) is 0 Å². The maximum absolute atomic E-state index is 12.4. The molecule has 0 aliphatic rings. The van der Waals surface area contributed by atoms with Gasteiger partial charge in [0.1, 0.15) is 4.90 Å². The van der Waals surface area contributed by atoms with Gasteiger partial charge in [-0.15, -0.1) is 0 Å². The summed E-state index contributed by atoms with van der Waals surface area (Å²) in [5.74, 6) is 0. The van der Waals surface area contributed by atoms with E-state index in [1.165, 1.54) is 0 Å². The van der Waals surface area contributed by atoms with Gasteiger partial charge in [0, 0.05) is 13.1 Å². The lowest BCUT2D eigenvalue weighted by atomic mass is 10.2. The van der Waals surface area contributed by atoms with Gasteiger partial charge in [0.25, 0.3) is 0 Å². The maximum Gasteiger partial charge on any atom is 0.242 e. The Morgan fingerprint density at radius 3 is 2.33 bits per heavy atom. The van der Waals surface area contributed by atoms with Gasteiger partial charge < -0.3 is 5.32 Å². The van der Waals surface area contributed by atoms with Crippen molar-refractivity contribution in [3.63, 3.8) is 0 Å². The Balaban J connectivity index is 2.05. The van der Waals surface area contributed by atoms with E-state index in [0.29, 0.717) is 30.1 Å². The molecular weight excluding hydrogens is 284 g/mol. The van der Waals surface area contributed by atoms with Crippen molar-refractivity contribution in [3.05, 3.63) is 60.2 Å². The summed E-state index contributed by atoms with van der Waals surface area (Å²) in [4.78, 5) is 0.292. The first-order valence-electron chi connectivity index (χ1n) is 7.00. The van der Waals surface area contributed by atoms with E-state index < -0.39 is 10.0 Å². The average molecular weight is 304 g/mol. The molecule has 2 aromatic rings. The number of anilines is 1. The molecule has 0 aliphatic heterocycles. The third-order valence-electron chi connectivity index (χ3n) is 3.09. The first-order valence-corrected chi connectivity index (χ1v) is 8.48. The molecule has 0 aromatic heterocycles. The Morgan fingerprint density at radius 2 is 1.62 bits per heavy atom. The molecule has 2 N–H and O–H groups in total. The Kier molecular flexibility index (Phi) is 5.36. The zero-order valence-corrected chi connectivity index (χ0v) is 12.9. The van der Waals surface area contributed by atoms with Crippen LogP contribution in [0.25, 0.3) is 0 Å². The van der Waals surface area contributed by atoms with Crippen LogP contribution in [0.2, 0.25) is 0 Å². The van der Waals surface area contributed by atoms with Gasteiger partial charge in [0.15, 0.2) is 0 Å². The Hall–Kier alpha value is -1.85. The molecule has 0 amide bonds. The highest BCUT2D eigenvalue weighted by Gasteiger charge is 2.17. The van der Waals surface area contributed by atoms with E-state index in [1.54, 1.807) is 18.2 Å². The van der Waals surface area contributed by atoms with Gasteiger partial charge in [0.2, 0.25) is 10.0 Å². The third-order valence-corrected chi connectivity index (χ3v) is 4.61. The van der Waals surface area contributed by atoms with Gasteiger partial charge in [0.05, 0.1) is 5.69 Å². The van der Waals surface area contributed by atoms with Crippen LogP contribution >= 0.6 is 0 Å². The summed E-state index contributed by atoms with van der Waals surface area (Å²) in [6.07, 6.45) is 0.670. The van der Waals surface area contributed by atoms with Crippen LogP contribution in [-0.4, -0.2) is 21.5 Å². The van der Waals surface area contributed by atoms with Gasteiger partial charge in [-0.1, -0.05) is 42.5 Å². The van der Waals surface area contributed by atoms with Crippen LogP contribution in [0.3, 0.4) is 0 Å². The number of sulfonamides is 1. The number of hydrogen-bond acceptors (Lipinski definition) is 3. The quantitative estimate of drug-likeness (QED) is 0.827. The molecule has 21 heavy (non-hydrogen) atoms. The van der Waals surface area contributed by atoms with Gasteiger partial charge in [-0.3, -0.25) is 0 Å². The fraction of sp³-hybridized carbons (Fsp3) is 0.250. The highest BCUT2D eigenvalue weighted by atomic mass is 32.2. The normalized spacial score (nSPS) is 11.3. The Bertz CT molecular complexity index is 670. The molecule has 2 rings (SSSR count). The van der Waals surface area contributed by atoms with E-state index >= 15 is 0 Å². The molecule has 2 aromatic carbocycles. The lowest BCUT2D eigenvalue weighted by Crippen LogP contribution is -2.26. The van der Waals surface area contributed by atoms with Crippen LogP contribution in [0.15, 0.2) is 59.5 Å². The van der Waals surface area contributed by atoms with Crippen molar-refractivity contribution in [2.24, 2.45) is 0 Å². The highest BCUT2D eigenvalue weighted by molar-refractivity contribution is 7.89. The highest BCUT2D eigenvalue weighted by Crippen LogP contribution is 2.20. The summed E-state index contributed by atoms with van der Waals surface area (Å²) in [6.45, 7) is 3.00. The van der Waals surface area contributed by atoms with Crippen molar-refractivity contribution in [1.29, 1.82) is 0 Å². The van der Waals surface area contributed by atoms with Gasteiger partial charge in [-0.2, -0.15) is 0 Å². The molecule has 5 heteroatoms. The summed E-state index contributed by atoms with van der Waals surface area (Å²) in [7, 11) is -3.50. The number of benzene rings is 2. The predicted molar refractivity (Wildman–Crippen MR) is 85.9 cm³/mol. The molecule has 0 heterocycles. The molecule has 0 spiro atoms. The van der Waals surface area contributed by atoms with Crippen molar-refractivity contribution in [3.8, 4) is 0 Å². The van der Waals surface area contributed by atoms with E-state index in [4.69, 9.17) is 0 Å². The zero-order chi connectivity index (χ0) is 15.1. The fourth-order valence-corrected chi connectivity index (χ4v) is 3.30. The summed E-state index contributed by atoms with van der Waals surface area (Å²) < 4.78 is 27.4. The Labute approximate surface area is 126 Å². The van der Waals surface area contributed by atoms with Crippen LogP contribution in [0.5, 0.6) is 0 Å². The summed E-state index contributed by atoms with van der Waals surface area (Å²) in [5, 5.41) is 3.07. The standard InChI is InChI=1S/C16H20N2O2S/c1-2-17-15-10-6-7-11-16(15)21(19,20)18-13-12-14-8-4-3-5-9-14/h3-11,17-18H,2,12-13H2,1H3. The van der Waals surface area contributed by atoms with E-state index in [0.717, 1.165) is 5.56 Å². The second-order valence-electron chi connectivity index (χ2n) is 4.66. The molecule has 0 saturated heterocycles. The third kappa shape index (κ3) is 4.31. The molecule has 0 saturated carbocycles. The minimum Gasteiger partial charge on any atom is -0.384 e. The van der Waals surface area contributed by atoms with E-state index in [1.807, 2.05) is 43.3 Å². The van der Waals surface area contributed by atoms with Crippen molar-refractivity contribution in [2.75, 3.05) is 18.4 Å². The zero-order valence-electron chi connectivity index (χ0n) is 12.0. The summed E-state index contributed by atoms with van der Waals surface area (Å²) in [5.41, 5.74) is 1.74. The molecule has 0 bridgehead atoms. The molecule has 112 valence electrons. The van der Waals surface area contributed by atoms with Crippen LogP contribution in [0.1, 0.15) is 12.5 Å². The number of hydrogen-bond donors (Lipinski definition) is 2. The maximum atomic E-state index is 12.4. The lowest BCUT2D eigenvalue weighted by molar-refractivity contribution is 0.582. The molecule has 0 unspecified atom stereocenters. The number of para-hydroxylation sites is 1. The first kappa shape index (κ1) is 15.5. The topological polar surface area (TPSA) is 58.2 Å². The van der Waals surface area contributed by atoms with Crippen LogP contribution in [-0.2, 0) is 16.4 Å². The van der Waals surface area contributed by atoms with Crippen molar-refractivity contribution in [2.45, 2.75) is 18.2 Å². The first-order chi connectivity index (χ1) is 10.1. The van der Waals surface area contributed by atoms with Crippen molar-refractivity contribution in [1.82, 2.24) is 4.72 Å². The smallest absolute Gasteiger partial charge is 0.242 e. The largest absolute Gasteiger partial charge is 0.384 e. The average Bonchev–Trinajstić information content (AvgIpc) is 2.49. The van der Waals surface area contributed by atoms with E-state index in [2.05, 4.69) is 10.0 Å². The molecule has 0 radical (unpaired) electrons. The van der Waals surface area contributed by atoms with E-state index in [-0.39, 0.29) is 0 Å². The van der Waals surface area contributed by atoms with Crippen LogP contribution in [0.4, 0.5) is 5.69 Å². The van der Waals surface area contributed by atoms with Gasteiger partial charge in [-0.25, -0.2) is 13.1 Å². The SMILES string of the molecule is CCNc1ccccc1S(=O)(=O)NCCc1ccccc1. The fourth-order valence-electron chi connectivity index (χ4n) is 2.09.